The molecule has 0 radical (unpaired) electrons. The zero-order valence-electron chi connectivity index (χ0n) is 34.0. The van der Waals surface area contributed by atoms with E-state index in [4.69, 9.17) is 0 Å². The molecule has 0 saturated carbocycles. The average Bonchev–Trinajstić information content (AvgIpc) is 3.86. The molecule has 0 amide bonds. The quantitative estimate of drug-likeness (QED) is 0.159. The number of hydrogen-bond donors (Lipinski definition) is 0. The fourth-order valence-corrected chi connectivity index (χ4v) is 9.86. The summed E-state index contributed by atoms with van der Waals surface area (Å²) in [5.74, 6) is 3.94. The fraction of sp³-hybridized carbons (Fsp3) is 0.245. The molecule has 3 aliphatic carbocycles. The van der Waals surface area contributed by atoms with Gasteiger partial charge in [0.2, 0.25) is 0 Å². The molecular weight excluding hydrogens is 799 g/mol. The van der Waals surface area contributed by atoms with Crippen molar-refractivity contribution in [2.75, 3.05) is 0 Å². The van der Waals surface area contributed by atoms with Gasteiger partial charge in [-0.2, -0.15) is 23.1 Å². The molecule has 3 heteroatoms. The first-order valence-electron chi connectivity index (χ1n) is 19.6. The van der Waals surface area contributed by atoms with Crippen molar-refractivity contribution in [3.63, 3.8) is 0 Å². The Morgan fingerprint density at radius 3 is 1.75 bits per heavy atom. The Kier molecular flexibility index (Phi) is 14.5. The third kappa shape index (κ3) is 8.16. The number of aryl methyl sites for hydroxylation is 1. The first-order chi connectivity index (χ1) is 26.1. The zero-order chi connectivity index (χ0) is 38.1. The van der Waals surface area contributed by atoms with Gasteiger partial charge in [0.25, 0.3) is 0 Å². The summed E-state index contributed by atoms with van der Waals surface area (Å²) >= 11 is 1.46. The Hall–Kier alpha value is -3.74. The van der Waals surface area contributed by atoms with E-state index in [1.54, 1.807) is 28.2 Å². The molecule has 56 heavy (non-hydrogen) atoms. The molecule has 0 aromatic heterocycles. The second-order valence-corrected chi connectivity index (χ2v) is 16.8. The summed E-state index contributed by atoms with van der Waals surface area (Å²) in [5, 5.41) is 2.93. The Bertz CT molecular complexity index is 2330. The molecule has 0 heterocycles. The molecule has 4 unspecified atom stereocenters. The predicted molar refractivity (Wildman–Crippen MR) is 229 cm³/mol. The first-order valence-corrected chi connectivity index (χ1v) is 20.9. The van der Waals surface area contributed by atoms with Gasteiger partial charge in [0.15, 0.2) is 0 Å². The van der Waals surface area contributed by atoms with Crippen molar-refractivity contribution in [2.24, 2.45) is 11.8 Å². The van der Waals surface area contributed by atoms with E-state index in [1.165, 1.54) is 88.3 Å². The third-order valence-corrected chi connectivity index (χ3v) is 14.1. The van der Waals surface area contributed by atoms with Gasteiger partial charge in [0.1, 0.15) is 0 Å². The van der Waals surface area contributed by atoms with Gasteiger partial charge < -0.3 is 24.8 Å². The van der Waals surface area contributed by atoms with Gasteiger partial charge >= 0.3 is 99.2 Å². The number of benzene rings is 6. The van der Waals surface area contributed by atoms with Crippen LogP contribution in [0.4, 0.5) is 0 Å². The molecule has 9 rings (SSSR count). The predicted octanol–water partition coefficient (Wildman–Crippen LogP) is 7.87. The second-order valence-electron chi connectivity index (χ2n) is 15.6. The number of fused-ring (bicyclic) bond motifs is 8. The minimum absolute atomic E-state index is 0. The van der Waals surface area contributed by atoms with Crippen molar-refractivity contribution < 1.29 is 49.0 Å². The van der Waals surface area contributed by atoms with E-state index in [2.05, 4.69) is 189 Å². The van der Waals surface area contributed by atoms with Gasteiger partial charge in [-0.15, -0.1) is 23.1 Å². The van der Waals surface area contributed by atoms with E-state index < -0.39 is 0 Å². The maximum atomic E-state index is 3.15. The number of allylic oxidation sites excluding steroid dienone is 4. The second kappa shape index (κ2) is 18.7. The van der Waals surface area contributed by atoms with E-state index in [0.29, 0.717) is 23.7 Å². The molecule has 0 spiro atoms. The van der Waals surface area contributed by atoms with Crippen LogP contribution < -0.4 is 24.8 Å². The number of hydrogen-bond acceptors (Lipinski definition) is 0. The van der Waals surface area contributed by atoms with Crippen molar-refractivity contribution in [3.8, 4) is 11.1 Å². The fourth-order valence-electron chi connectivity index (χ4n) is 9.04. The van der Waals surface area contributed by atoms with Crippen LogP contribution in [0.2, 0.25) is 0 Å². The molecule has 4 atom stereocenters. The standard InChI is InChI=1S/C29H33.C13H10.C11H9.2ClH.Zr/c1-14-13-24-25(18(5)15(14)2)21(8)28-27-20(7)17(4)16(3)19(6)26(27)22-11-9-10-12-23(22)29(24)28;1-3-7-12(8-4-1)11-13-9-5-2-6-10-13;1-2-6-10(7-3-1)11-8-4-5-9-11;;;/h9-13,16-17,19,21H,1-8H3;1-10H;1-3,6-9H,4H2;2*1H;/q-1;;-1;;;+2/p-2. The number of halogens is 2. The van der Waals surface area contributed by atoms with E-state index in [0.717, 1.165) is 6.42 Å². The first kappa shape index (κ1) is 43.4. The van der Waals surface area contributed by atoms with Crippen molar-refractivity contribution in [1.29, 1.82) is 0 Å². The van der Waals surface area contributed by atoms with Crippen LogP contribution in [0.1, 0.15) is 109 Å². The van der Waals surface area contributed by atoms with Crippen LogP contribution in [-0.2, 0) is 24.2 Å². The normalized spacial score (nSPS) is 18.5. The molecule has 0 fully saturated rings. The van der Waals surface area contributed by atoms with Crippen LogP contribution in [0.15, 0.2) is 133 Å². The summed E-state index contributed by atoms with van der Waals surface area (Å²) in [6.07, 6.45) is 8.36. The molecular formula is C53H52Cl2Zr-2. The summed E-state index contributed by atoms with van der Waals surface area (Å²) in [4.78, 5) is 0. The SMILES string of the molecule is Cc1cc2c(c(C)c1C)C(C)c1c3c(c4ccccc4c1-2)C(C)C(C)C(C)[C-]3C.[C-]1=CC(c2ccccc2)=CC1.[Cl-].[Cl-].[Zr+2]=[C](c1ccccc1)c1ccccc1. The molecule has 6 aromatic carbocycles. The topological polar surface area (TPSA) is 0 Å². The van der Waals surface area contributed by atoms with Crippen molar-refractivity contribution >= 4 is 19.6 Å². The van der Waals surface area contributed by atoms with Crippen LogP contribution in [-0.4, -0.2) is 3.21 Å². The van der Waals surface area contributed by atoms with Gasteiger partial charge in [0.05, 0.1) is 0 Å². The van der Waals surface area contributed by atoms with Crippen molar-refractivity contribution in [1.82, 2.24) is 0 Å². The van der Waals surface area contributed by atoms with E-state index in [-0.39, 0.29) is 24.8 Å². The third-order valence-electron chi connectivity index (χ3n) is 12.7. The summed E-state index contributed by atoms with van der Waals surface area (Å²) in [6, 6.07) is 43.1. The molecule has 0 N–H and O–H groups in total. The van der Waals surface area contributed by atoms with Crippen LogP contribution in [0.5, 0.6) is 0 Å². The van der Waals surface area contributed by atoms with Gasteiger partial charge in [0, 0.05) is 0 Å². The van der Waals surface area contributed by atoms with Crippen LogP contribution in [0.3, 0.4) is 0 Å². The van der Waals surface area contributed by atoms with Crippen LogP contribution in [0, 0.1) is 44.6 Å². The van der Waals surface area contributed by atoms with Crippen LogP contribution >= 0.6 is 0 Å². The van der Waals surface area contributed by atoms with Crippen molar-refractivity contribution in [2.45, 2.75) is 73.6 Å². The Morgan fingerprint density at radius 1 is 0.661 bits per heavy atom. The van der Waals surface area contributed by atoms with Crippen molar-refractivity contribution in [3.05, 3.63) is 201 Å². The minimum atomic E-state index is 0. The zero-order valence-corrected chi connectivity index (χ0v) is 37.9. The van der Waals surface area contributed by atoms with Gasteiger partial charge in [-0.3, -0.25) is 6.08 Å². The number of rotatable bonds is 3. The monoisotopic (exact) mass is 848 g/mol. The molecule has 284 valence electrons. The Labute approximate surface area is 363 Å². The summed E-state index contributed by atoms with van der Waals surface area (Å²) in [5.41, 5.74) is 19.0. The van der Waals surface area contributed by atoms with E-state index in [9.17, 15) is 0 Å². The molecule has 3 aliphatic rings. The Morgan fingerprint density at radius 2 is 1.20 bits per heavy atom. The summed E-state index contributed by atoms with van der Waals surface area (Å²) < 4.78 is 1.42. The molecule has 0 aliphatic heterocycles. The molecule has 0 bridgehead atoms. The van der Waals surface area contributed by atoms with E-state index >= 15 is 0 Å². The molecule has 0 nitrogen and oxygen atoms in total. The molecule has 0 saturated heterocycles. The molecule has 6 aromatic rings. The maximum absolute atomic E-state index is 3.15. The Balaban J connectivity index is 0.000000185. The summed E-state index contributed by atoms with van der Waals surface area (Å²) in [6.45, 7) is 19.1. The average molecular weight is 851 g/mol. The van der Waals surface area contributed by atoms with E-state index in [1.807, 2.05) is 6.07 Å². The van der Waals surface area contributed by atoms with Crippen LogP contribution in [0.25, 0.3) is 27.5 Å². The van der Waals surface area contributed by atoms with Gasteiger partial charge in [-0.05, 0) is 59.9 Å². The van der Waals surface area contributed by atoms with Gasteiger partial charge in [-0.25, -0.2) is 6.08 Å². The summed E-state index contributed by atoms with van der Waals surface area (Å²) in [7, 11) is 0. The van der Waals surface area contributed by atoms with Gasteiger partial charge in [-0.1, -0.05) is 124 Å².